The molecule has 1 N–H and O–H groups in total. The van der Waals surface area contributed by atoms with Gasteiger partial charge in [-0.1, -0.05) is 29.3 Å². The molecule has 0 unspecified atom stereocenters. The molecule has 1 aromatic carbocycles. The number of aryl methyl sites for hydroxylation is 1. The lowest BCUT2D eigenvalue weighted by molar-refractivity contribution is -0.122. The SMILES string of the molecule is Cc1cc(/C=C2\C(=O)NC(=O)N(c3cccc(Cl)c3Cl)C2=O)c(C)n1-c1ccncc1. The third-order valence-electron chi connectivity index (χ3n) is 4.96. The van der Waals surface area contributed by atoms with Crippen LogP contribution in [-0.2, 0) is 9.59 Å². The number of carbonyl (C=O) groups is 3. The second-order valence-electron chi connectivity index (χ2n) is 6.90. The van der Waals surface area contributed by atoms with Gasteiger partial charge in [0, 0.05) is 29.5 Å². The van der Waals surface area contributed by atoms with Crippen LogP contribution in [0.25, 0.3) is 11.8 Å². The third kappa shape index (κ3) is 3.62. The van der Waals surface area contributed by atoms with Gasteiger partial charge in [-0.2, -0.15) is 0 Å². The molecule has 1 fully saturated rings. The predicted molar refractivity (Wildman–Crippen MR) is 119 cm³/mol. The van der Waals surface area contributed by atoms with E-state index in [0.29, 0.717) is 5.56 Å². The Kier molecular flexibility index (Phi) is 5.39. The van der Waals surface area contributed by atoms with Crippen LogP contribution in [0, 0.1) is 13.8 Å². The summed E-state index contributed by atoms with van der Waals surface area (Å²) in [6.07, 6.45) is 4.83. The lowest BCUT2D eigenvalue weighted by Crippen LogP contribution is -2.54. The number of nitrogens with zero attached hydrogens (tertiary/aromatic N) is 3. The van der Waals surface area contributed by atoms with Crippen LogP contribution < -0.4 is 10.2 Å². The third-order valence-corrected chi connectivity index (χ3v) is 5.77. The molecule has 4 rings (SSSR count). The molecule has 7 nitrogen and oxygen atoms in total. The number of rotatable bonds is 3. The van der Waals surface area contributed by atoms with Crippen LogP contribution in [0.5, 0.6) is 0 Å². The zero-order valence-electron chi connectivity index (χ0n) is 16.5. The first-order chi connectivity index (χ1) is 14.8. The summed E-state index contributed by atoms with van der Waals surface area (Å²) in [5.41, 5.74) is 3.20. The first-order valence-electron chi connectivity index (χ1n) is 9.24. The average molecular weight is 455 g/mol. The van der Waals surface area contributed by atoms with Crippen molar-refractivity contribution in [3.05, 3.63) is 81.4 Å². The van der Waals surface area contributed by atoms with Gasteiger partial charge in [0.15, 0.2) is 0 Å². The van der Waals surface area contributed by atoms with E-state index in [1.807, 2.05) is 36.6 Å². The van der Waals surface area contributed by atoms with Crippen LogP contribution in [-0.4, -0.2) is 27.4 Å². The Morgan fingerprint density at radius 3 is 2.45 bits per heavy atom. The van der Waals surface area contributed by atoms with Crippen LogP contribution in [0.3, 0.4) is 0 Å². The molecule has 1 aliphatic heterocycles. The zero-order chi connectivity index (χ0) is 22.3. The summed E-state index contributed by atoms with van der Waals surface area (Å²) in [6.45, 7) is 3.79. The molecule has 3 heterocycles. The number of benzene rings is 1. The molecular weight excluding hydrogens is 439 g/mol. The smallest absolute Gasteiger partial charge is 0.318 e. The van der Waals surface area contributed by atoms with Crippen molar-refractivity contribution >= 4 is 52.8 Å². The van der Waals surface area contributed by atoms with Gasteiger partial charge in [0.2, 0.25) is 0 Å². The van der Waals surface area contributed by atoms with E-state index in [1.54, 1.807) is 18.5 Å². The van der Waals surface area contributed by atoms with E-state index in [2.05, 4.69) is 10.3 Å². The number of halogens is 2. The highest BCUT2D eigenvalue weighted by Crippen LogP contribution is 2.34. The lowest BCUT2D eigenvalue weighted by atomic mass is 10.1. The van der Waals surface area contributed by atoms with Crippen molar-refractivity contribution < 1.29 is 14.4 Å². The molecule has 3 aromatic rings. The monoisotopic (exact) mass is 454 g/mol. The van der Waals surface area contributed by atoms with Crippen LogP contribution in [0.15, 0.2) is 54.4 Å². The number of amides is 4. The fraction of sp³-hybridized carbons (Fsp3) is 0.0909. The van der Waals surface area contributed by atoms with Gasteiger partial charge in [-0.25, -0.2) is 9.69 Å². The quantitative estimate of drug-likeness (QED) is 0.467. The van der Waals surface area contributed by atoms with Crippen molar-refractivity contribution in [2.45, 2.75) is 13.8 Å². The molecule has 0 radical (unpaired) electrons. The number of carbonyl (C=O) groups excluding carboxylic acids is 3. The Hall–Kier alpha value is -3.42. The number of urea groups is 1. The molecule has 9 heteroatoms. The molecule has 0 saturated carbocycles. The molecule has 0 spiro atoms. The summed E-state index contributed by atoms with van der Waals surface area (Å²) in [7, 11) is 0. The number of anilines is 1. The van der Waals surface area contributed by atoms with Crippen LogP contribution in [0.2, 0.25) is 10.0 Å². The minimum Gasteiger partial charge on any atom is -0.318 e. The maximum absolute atomic E-state index is 13.1. The highest BCUT2D eigenvalue weighted by Gasteiger charge is 2.38. The van der Waals surface area contributed by atoms with Crippen molar-refractivity contribution in [2.24, 2.45) is 0 Å². The topological polar surface area (TPSA) is 84.3 Å². The summed E-state index contributed by atoms with van der Waals surface area (Å²) < 4.78 is 1.98. The fourth-order valence-corrected chi connectivity index (χ4v) is 3.90. The number of aromatic nitrogens is 2. The Morgan fingerprint density at radius 2 is 1.74 bits per heavy atom. The normalized spacial score (nSPS) is 15.5. The molecule has 4 amide bonds. The Bertz CT molecular complexity index is 1270. The van der Waals surface area contributed by atoms with Crippen molar-refractivity contribution in [3.63, 3.8) is 0 Å². The average Bonchev–Trinajstić information content (AvgIpc) is 3.02. The summed E-state index contributed by atoms with van der Waals surface area (Å²) in [5, 5.41) is 2.41. The molecule has 31 heavy (non-hydrogen) atoms. The number of hydrogen-bond donors (Lipinski definition) is 1. The van der Waals surface area contributed by atoms with Crippen LogP contribution in [0.4, 0.5) is 10.5 Å². The van der Waals surface area contributed by atoms with Gasteiger partial charge in [-0.05, 0) is 55.8 Å². The largest absolute Gasteiger partial charge is 0.336 e. The number of pyridine rings is 1. The van der Waals surface area contributed by atoms with Gasteiger partial charge < -0.3 is 4.57 Å². The summed E-state index contributed by atoms with van der Waals surface area (Å²) >= 11 is 12.2. The first-order valence-corrected chi connectivity index (χ1v) is 10.00. The van der Waals surface area contributed by atoms with Crippen molar-refractivity contribution in [1.82, 2.24) is 14.9 Å². The molecule has 1 aliphatic rings. The molecule has 0 atom stereocenters. The van der Waals surface area contributed by atoms with Gasteiger partial charge in [-0.15, -0.1) is 0 Å². The minimum atomic E-state index is -0.890. The second kappa shape index (κ2) is 8.02. The second-order valence-corrected chi connectivity index (χ2v) is 7.68. The molecule has 0 bridgehead atoms. The highest BCUT2D eigenvalue weighted by atomic mass is 35.5. The molecular formula is C22H16Cl2N4O3. The van der Waals surface area contributed by atoms with Crippen molar-refractivity contribution in [2.75, 3.05) is 4.90 Å². The molecule has 2 aromatic heterocycles. The number of barbiturate groups is 1. The Balaban J connectivity index is 1.79. The van der Waals surface area contributed by atoms with Gasteiger partial charge in [0.05, 0.1) is 15.7 Å². The van der Waals surface area contributed by atoms with E-state index in [-0.39, 0.29) is 21.3 Å². The zero-order valence-corrected chi connectivity index (χ0v) is 18.0. The van der Waals surface area contributed by atoms with E-state index in [0.717, 1.165) is 22.0 Å². The van der Waals surface area contributed by atoms with E-state index in [4.69, 9.17) is 23.2 Å². The summed E-state index contributed by atoms with van der Waals surface area (Å²) in [6, 6.07) is 9.26. The van der Waals surface area contributed by atoms with Crippen LogP contribution >= 0.6 is 23.2 Å². The summed E-state index contributed by atoms with van der Waals surface area (Å²) in [4.78, 5) is 42.9. The predicted octanol–water partition coefficient (Wildman–Crippen LogP) is 4.46. The first kappa shape index (κ1) is 20.8. The molecule has 156 valence electrons. The maximum Gasteiger partial charge on any atom is 0.336 e. The van der Waals surface area contributed by atoms with E-state index < -0.39 is 17.8 Å². The standard InChI is InChI=1S/C22H16Cl2N4O3/c1-12-10-14(13(2)27(12)15-6-8-25-9-7-15)11-16-20(29)26-22(31)28(21(16)30)18-5-3-4-17(23)19(18)24/h3-11H,1-2H3,(H,26,29,31)/b16-11+. The van der Waals surface area contributed by atoms with Gasteiger partial charge in [0.1, 0.15) is 5.57 Å². The Labute approximate surface area is 187 Å². The summed E-state index contributed by atoms with van der Waals surface area (Å²) in [5.74, 6) is -1.57. The number of imide groups is 2. The van der Waals surface area contributed by atoms with Gasteiger partial charge >= 0.3 is 6.03 Å². The minimum absolute atomic E-state index is 0.0391. The lowest BCUT2D eigenvalue weighted by Gasteiger charge is -2.27. The van der Waals surface area contributed by atoms with Gasteiger partial charge in [-0.3, -0.25) is 19.9 Å². The van der Waals surface area contributed by atoms with Crippen molar-refractivity contribution in [3.8, 4) is 5.69 Å². The Morgan fingerprint density at radius 1 is 1.03 bits per heavy atom. The van der Waals surface area contributed by atoms with Crippen LogP contribution in [0.1, 0.15) is 17.0 Å². The van der Waals surface area contributed by atoms with Gasteiger partial charge in [0.25, 0.3) is 11.8 Å². The highest BCUT2D eigenvalue weighted by molar-refractivity contribution is 6.46. The number of hydrogen-bond acceptors (Lipinski definition) is 4. The van der Waals surface area contributed by atoms with E-state index >= 15 is 0 Å². The number of nitrogens with one attached hydrogen (secondary N) is 1. The maximum atomic E-state index is 13.1. The molecule has 1 saturated heterocycles. The van der Waals surface area contributed by atoms with Crippen molar-refractivity contribution in [1.29, 1.82) is 0 Å². The van der Waals surface area contributed by atoms with E-state index in [9.17, 15) is 14.4 Å². The molecule has 0 aliphatic carbocycles. The fourth-order valence-electron chi connectivity index (χ4n) is 3.52. The van der Waals surface area contributed by atoms with E-state index in [1.165, 1.54) is 18.2 Å².